The maximum Gasteiger partial charge on any atom is 0.178 e. The van der Waals surface area contributed by atoms with Crippen molar-refractivity contribution in [3.63, 3.8) is 0 Å². The Morgan fingerprint density at radius 2 is 1.94 bits per heavy atom. The van der Waals surface area contributed by atoms with Crippen molar-refractivity contribution in [3.8, 4) is 0 Å². The highest BCUT2D eigenvalue weighted by Gasteiger charge is 2.12. The van der Waals surface area contributed by atoms with E-state index in [4.69, 9.17) is 0 Å². The quantitative estimate of drug-likeness (QED) is 0.793. The first-order chi connectivity index (χ1) is 7.99. The molecular weight excluding hydrogens is 234 g/mol. The second-order valence-electron chi connectivity index (χ2n) is 4.01. The van der Waals surface area contributed by atoms with E-state index < -0.39 is 9.84 Å². The predicted octanol–water partition coefficient (Wildman–Crippen LogP) is 2.86. The molecule has 17 heavy (non-hydrogen) atoms. The Bertz CT molecular complexity index is 463. The number of rotatable bonds is 6. The van der Waals surface area contributed by atoms with Crippen LogP contribution in [0.25, 0.3) is 0 Å². The Kier molecular flexibility index (Phi) is 4.75. The topological polar surface area (TPSA) is 46.2 Å². The van der Waals surface area contributed by atoms with Crippen LogP contribution in [0.4, 0.5) is 5.69 Å². The van der Waals surface area contributed by atoms with Crippen LogP contribution in [0.5, 0.6) is 0 Å². The SMILES string of the molecule is C=CC(C)Nc1ccc(S(=O)(=O)CCC)cc1. The van der Waals surface area contributed by atoms with Gasteiger partial charge in [0.2, 0.25) is 0 Å². The van der Waals surface area contributed by atoms with Gasteiger partial charge in [-0.2, -0.15) is 0 Å². The lowest BCUT2D eigenvalue weighted by atomic mass is 10.2. The molecule has 3 nitrogen and oxygen atoms in total. The summed E-state index contributed by atoms with van der Waals surface area (Å²) < 4.78 is 23.6. The van der Waals surface area contributed by atoms with Gasteiger partial charge < -0.3 is 5.32 Å². The summed E-state index contributed by atoms with van der Waals surface area (Å²) in [5.41, 5.74) is 0.896. The summed E-state index contributed by atoms with van der Waals surface area (Å²) in [5, 5.41) is 3.19. The molecule has 0 amide bonds. The first kappa shape index (κ1) is 13.8. The van der Waals surface area contributed by atoms with Crippen LogP contribution in [0.2, 0.25) is 0 Å². The van der Waals surface area contributed by atoms with Crippen LogP contribution in [-0.2, 0) is 9.84 Å². The molecule has 1 atom stereocenters. The molecule has 0 aromatic heterocycles. The number of hydrogen-bond acceptors (Lipinski definition) is 3. The minimum Gasteiger partial charge on any atom is -0.379 e. The summed E-state index contributed by atoms with van der Waals surface area (Å²) in [5.74, 6) is 0.197. The second kappa shape index (κ2) is 5.87. The van der Waals surface area contributed by atoms with Gasteiger partial charge in [0.1, 0.15) is 0 Å². The Morgan fingerprint density at radius 1 is 1.35 bits per heavy atom. The minimum absolute atomic E-state index is 0.160. The van der Waals surface area contributed by atoms with Crippen molar-refractivity contribution >= 4 is 15.5 Å². The standard InChI is InChI=1S/C13H19NO2S/c1-4-10-17(15,16)13-8-6-12(7-9-13)14-11(3)5-2/h5-9,11,14H,2,4,10H2,1,3H3. The molecule has 0 bridgehead atoms. The number of benzene rings is 1. The summed E-state index contributed by atoms with van der Waals surface area (Å²) in [6.45, 7) is 7.52. The summed E-state index contributed by atoms with van der Waals surface area (Å²) in [4.78, 5) is 0.385. The van der Waals surface area contributed by atoms with Crippen molar-refractivity contribution in [1.82, 2.24) is 0 Å². The molecule has 1 aromatic carbocycles. The molecule has 1 N–H and O–H groups in total. The Hall–Kier alpha value is -1.29. The Labute approximate surface area is 103 Å². The fourth-order valence-corrected chi connectivity index (χ4v) is 2.79. The second-order valence-corrected chi connectivity index (χ2v) is 6.12. The molecule has 0 saturated heterocycles. The van der Waals surface area contributed by atoms with Crippen LogP contribution in [-0.4, -0.2) is 20.2 Å². The van der Waals surface area contributed by atoms with Gasteiger partial charge in [-0.1, -0.05) is 13.0 Å². The van der Waals surface area contributed by atoms with E-state index in [9.17, 15) is 8.42 Å². The van der Waals surface area contributed by atoms with Gasteiger partial charge >= 0.3 is 0 Å². The lowest BCUT2D eigenvalue weighted by Crippen LogP contribution is -2.11. The van der Waals surface area contributed by atoms with Gasteiger partial charge in [0.25, 0.3) is 0 Å². The van der Waals surface area contributed by atoms with Crippen LogP contribution in [0.15, 0.2) is 41.8 Å². The maximum atomic E-state index is 11.8. The fourth-order valence-electron chi connectivity index (χ4n) is 1.47. The minimum atomic E-state index is -3.11. The van der Waals surface area contributed by atoms with E-state index in [1.165, 1.54) is 0 Å². The third-order valence-electron chi connectivity index (χ3n) is 2.43. The number of sulfone groups is 1. The zero-order valence-corrected chi connectivity index (χ0v) is 11.1. The largest absolute Gasteiger partial charge is 0.379 e. The van der Waals surface area contributed by atoms with E-state index in [-0.39, 0.29) is 11.8 Å². The van der Waals surface area contributed by atoms with Gasteiger partial charge in [-0.05, 0) is 37.6 Å². The van der Waals surface area contributed by atoms with Crippen LogP contribution < -0.4 is 5.32 Å². The molecule has 0 aliphatic rings. The lowest BCUT2D eigenvalue weighted by Gasteiger charge is -2.11. The first-order valence-corrected chi connectivity index (χ1v) is 7.36. The number of anilines is 1. The van der Waals surface area contributed by atoms with Crippen LogP contribution in [0, 0.1) is 0 Å². The number of nitrogens with one attached hydrogen (secondary N) is 1. The van der Waals surface area contributed by atoms with Crippen molar-refractivity contribution in [2.75, 3.05) is 11.1 Å². The monoisotopic (exact) mass is 253 g/mol. The molecule has 0 aliphatic carbocycles. The van der Waals surface area contributed by atoms with Crippen molar-refractivity contribution < 1.29 is 8.42 Å². The average molecular weight is 253 g/mol. The maximum absolute atomic E-state index is 11.8. The van der Waals surface area contributed by atoms with Crippen molar-refractivity contribution in [2.24, 2.45) is 0 Å². The molecule has 0 spiro atoms. The van der Waals surface area contributed by atoms with E-state index in [0.29, 0.717) is 11.3 Å². The predicted molar refractivity (Wildman–Crippen MR) is 72.1 cm³/mol. The summed E-state index contributed by atoms with van der Waals surface area (Å²) >= 11 is 0. The van der Waals surface area contributed by atoms with Gasteiger partial charge in [-0.15, -0.1) is 6.58 Å². The van der Waals surface area contributed by atoms with Crippen molar-refractivity contribution in [1.29, 1.82) is 0 Å². The van der Waals surface area contributed by atoms with E-state index in [0.717, 1.165) is 5.69 Å². The van der Waals surface area contributed by atoms with Gasteiger partial charge in [0.05, 0.1) is 10.6 Å². The number of hydrogen-bond donors (Lipinski definition) is 1. The normalized spacial score (nSPS) is 13.1. The molecular formula is C13H19NO2S. The first-order valence-electron chi connectivity index (χ1n) is 5.71. The van der Waals surface area contributed by atoms with Crippen molar-refractivity contribution in [3.05, 3.63) is 36.9 Å². The molecule has 0 radical (unpaired) electrons. The molecule has 1 aromatic rings. The summed E-state index contributed by atoms with van der Waals surface area (Å²) in [6.07, 6.45) is 2.43. The van der Waals surface area contributed by atoms with Gasteiger partial charge in [-0.3, -0.25) is 0 Å². The molecule has 4 heteroatoms. The lowest BCUT2D eigenvalue weighted by molar-refractivity contribution is 0.595. The zero-order chi connectivity index (χ0) is 12.9. The van der Waals surface area contributed by atoms with Gasteiger partial charge in [0.15, 0.2) is 9.84 Å². The molecule has 94 valence electrons. The van der Waals surface area contributed by atoms with Crippen LogP contribution >= 0.6 is 0 Å². The highest BCUT2D eigenvalue weighted by Crippen LogP contribution is 2.16. The van der Waals surface area contributed by atoms with E-state index in [1.54, 1.807) is 30.3 Å². The third-order valence-corrected chi connectivity index (χ3v) is 4.37. The fraction of sp³-hybridized carbons (Fsp3) is 0.385. The van der Waals surface area contributed by atoms with E-state index in [1.807, 2.05) is 13.8 Å². The van der Waals surface area contributed by atoms with Crippen LogP contribution in [0.3, 0.4) is 0 Å². The van der Waals surface area contributed by atoms with Crippen molar-refractivity contribution in [2.45, 2.75) is 31.2 Å². The Balaban J connectivity index is 2.85. The van der Waals surface area contributed by atoms with Gasteiger partial charge in [-0.25, -0.2) is 8.42 Å². The molecule has 0 aliphatic heterocycles. The van der Waals surface area contributed by atoms with E-state index >= 15 is 0 Å². The molecule has 0 fully saturated rings. The Morgan fingerprint density at radius 3 is 2.41 bits per heavy atom. The molecule has 0 heterocycles. The van der Waals surface area contributed by atoms with E-state index in [2.05, 4.69) is 11.9 Å². The molecule has 0 saturated carbocycles. The van der Waals surface area contributed by atoms with Gasteiger partial charge in [0, 0.05) is 11.7 Å². The zero-order valence-electron chi connectivity index (χ0n) is 10.3. The highest BCUT2D eigenvalue weighted by molar-refractivity contribution is 7.91. The van der Waals surface area contributed by atoms with Crippen LogP contribution in [0.1, 0.15) is 20.3 Å². The third kappa shape index (κ3) is 3.89. The molecule has 1 unspecified atom stereocenters. The summed E-state index contributed by atoms with van der Waals surface area (Å²) in [6, 6.07) is 7.00. The summed E-state index contributed by atoms with van der Waals surface area (Å²) in [7, 11) is -3.11. The molecule has 1 rings (SSSR count). The highest BCUT2D eigenvalue weighted by atomic mass is 32.2. The average Bonchev–Trinajstić information content (AvgIpc) is 2.29. The smallest absolute Gasteiger partial charge is 0.178 e.